The summed E-state index contributed by atoms with van der Waals surface area (Å²) >= 11 is 0. The van der Waals surface area contributed by atoms with Crippen molar-refractivity contribution in [2.75, 3.05) is 4.90 Å². The van der Waals surface area contributed by atoms with Crippen LogP contribution in [0.4, 0.5) is 17.1 Å². The van der Waals surface area contributed by atoms with Gasteiger partial charge in [-0.3, -0.25) is 0 Å². The van der Waals surface area contributed by atoms with Gasteiger partial charge >= 0.3 is 0 Å². The lowest BCUT2D eigenvalue weighted by Gasteiger charge is -2.35. The molecule has 0 aliphatic heterocycles. The molecule has 1 aromatic heterocycles. The largest absolute Gasteiger partial charge is 0.455 e. The fourth-order valence-corrected chi connectivity index (χ4v) is 11.9. The van der Waals surface area contributed by atoms with Crippen molar-refractivity contribution in [1.82, 2.24) is 0 Å². The molecular formula is C69H45NO. The van der Waals surface area contributed by atoms with Gasteiger partial charge in [0.05, 0.1) is 16.5 Å². The van der Waals surface area contributed by atoms with Gasteiger partial charge in [0.25, 0.3) is 0 Å². The molecule has 2 heteroatoms. The Morgan fingerprint density at radius 3 is 1.55 bits per heavy atom. The lowest BCUT2D eigenvalue weighted by molar-refractivity contribution is 0.670. The van der Waals surface area contributed by atoms with Crippen LogP contribution in [0.15, 0.2) is 277 Å². The number of hydrogen-bond donors (Lipinski definition) is 0. The van der Waals surface area contributed by atoms with Crippen molar-refractivity contribution >= 4 is 60.5 Å². The minimum Gasteiger partial charge on any atom is -0.455 e. The standard InChI is InChI=1S/C69H45NO/c1-4-19-48(20-5-1)57-33-18-35-62-66(57)60-42-41-53(45-63(60)69(62,50-25-6-2-7-26-50)51-27-8-3-9-28-51)70(52-39-37-49(38-40-52)55-32-16-23-46-21-10-12-29-54(46)55)64-44-43-59(58-34-17-24-47-22-11-13-30-56(47)58)68-67(64)61-31-14-15-36-65(61)71-68/h1-45H. The second-order valence-corrected chi connectivity index (χ2v) is 18.7. The molecule has 71 heavy (non-hydrogen) atoms. The normalized spacial score (nSPS) is 12.6. The Morgan fingerprint density at radius 1 is 0.324 bits per heavy atom. The van der Waals surface area contributed by atoms with E-state index < -0.39 is 5.41 Å². The Balaban J connectivity index is 1.06. The molecule has 14 rings (SSSR count). The van der Waals surface area contributed by atoms with Crippen molar-refractivity contribution in [2.24, 2.45) is 0 Å². The number of rotatable bonds is 8. The van der Waals surface area contributed by atoms with E-state index in [1.165, 1.54) is 77.2 Å². The third-order valence-corrected chi connectivity index (χ3v) is 15.0. The Morgan fingerprint density at radius 2 is 0.845 bits per heavy atom. The van der Waals surface area contributed by atoms with E-state index in [2.05, 4.69) is 278 Å². The highest BCUT2D eigenvalue weighted by molar-refractivity contribution is 6.18. The fraction of sp³-hybridized carbons (Fsp3) is 0.0145. The summed E-state index contributed by atoms with van der Waals surface area (Å²) in [7, 11) is 0. The zero-order chi connectivity index (χ0) is 46.9. The van der Waals surface area contributed by atoms with E-state index in [0.717, 1.165) is 50.1 Å². The molecule has 1 aliphatic rings. The number of furan rings is 1. The van der Waals surface area contributed by atoms with Crippen LogP contribution in [-0.4, -0.2) is 0 Å². The maximum atomic E-state index is 7.06. The molecule has 0 atom stereocenters. The summed E-state index contributed by atoms with van der Waals surface area (Å²) in [6.07, 6.45) is 0. The van der Waals surface area contributed by atoms with Gasteiger partial charge in [0, 0.05) is 22.3 Å². The van der Waals surface area contributed by atoms with Crippen LogP contribution in [0.2, 0.25) is 0 Å². The number of fused-ring (bicyclic) bond motifs is 8. The first-order chi connectivity index (χ1) is 35.2. The molecule has 0 fully saturated rings. The molecule has 1 heterocycles. The van der Waals surface area contributed by atoms with Crippen molar-refractivity contribution in [1.29, 1.82) is 0 Å². The van der Waals surface area contributed by atoms with Gasteiger partial charge in [-0.25, -0.2) is 0 Å². The lowest BCUT2D eigenvalue weighted by atomic mass is 9.67. The Kier molecular flexibility index (Phi) is 9.47. The lowest BCUT2D eigenvalue weighted by Crippen LogP contribution is -2.28. The van der Waals surface area contributed by atoms with Crippen molar-refractivity contribution in [3.63, 3.8) is 0 Å². The maximum Gasteiger partial charge on any atom is 0.145 e. The van der Waals surface area contributed by atoms with Crippen LogP contribution in [-0.2, 0) is 5.41 Å². The number of para-hydroxylation sites is 1. The topological polar surface area (TPSA) is 16.4 Å². The summed E-state index contributed by atoms with van der Waals surface area (Å²) in [4.78, 5) is 2.46. The van der Waals surface area contributed by atoms with E-state index in [0.29, 0.717) is 0 Å². The van der Waals surface area contributed by atoms with E-state index in [9.17, 15) is 0 Å². The zero-order valence-electron chi connectivity index (χ0n) is 38.8. The number of hydrogen-bond acceptors (Lipinski definition) is 2. The molecule has 0 saturated heterocycles. The van der Waals surface area contributed by atoms with Gasteiger partial charge in [-0.2, -0.15) is 0 Å². The summed E-state index contributed by atoms with van der Waals surface area (Å²) < 4.78 is 7.06. The third kappa shape index (κ3) is 6.35. The number of anilines is 3. The SMILES string of the molecule is c1ccc(-c2cccc3c2-c2ccc(N(c4ccc(-c5cccc6ccccc56)cc4)c4ccc(-c5cccc6ccccc56)c5oc6ccccc6c45)cc2C3(c2ccccc2)c2ccccc2)cc1. The van der Waals surface area contributed by atoms with E-state index in [1.54, 1.807) is 0 Å². The molecular weight excluding hydrogens is 859 g/mol. The van der Waals surface area contributed by atoms with E-state index in [4.69, 9.17) is 4.42 Å². The molecule has 0 saturated carbocycles. The first-order valence-corrected chi connectivity index (χ1v) is 24.5. The Labute approximate surface area is 413 Å². The van der Waals surface area contributed by atoms with Crippen LogP contribution in [0.3, 0.4) is 0 Å². The molecule has 12 aromatic carbocycles. The summed E-state index contributed by atoms with van der Waals surface area (Å²) in [5, 5.41) is 6.99. The summed E-state index contributed by atoms with van der Waals surface area (Å²) in [5.74, 6) is 0. The molecule has 2 nitrogen and oxygen atoms in total. The monoisotopic (exact) mass is 903 g/mol. The first-order valence-electron chi connectivity index (χ1n) is 24.5. The third-order valence-electron chi connectivity index (χ3n) is 15.0. The van der Waals surface area contributed by atoms with Crippen LogP contribution >= 0.6 is 0 Å². The van der Waals surface area contributed by atoms with Crippen LogP contribution in [0.5, 0.6) is 0 Å². The van der Waals surface area contributed by atoms with Gasteiger partial charge in [-0.1, -0.05) is 231 Å². The fourth-order valence-electron chi connectivity index (χ4n) is 11.9. The van der Waals surface area contributed by atoms with Gasteiger partial charge in [0.15, 0.2) is 0 Å². The molecule has 0 unspecified atom stereocenters. The minimum absolute atomic E-state index is 0.631. The molecule has 0 N–H and O–H groups in total. The van der Waals surface area contributed by atoms with E-state index in [-0.39, 0.29) is 0 Å². The van der Waals surface area contributed by atoms with Crippen molar-refractivity contribution < 1.29 is 4.42 Å². The molecule has 0 amide bonds. The van der Waals surface area contributed by atoms with E-state index in [1.807, 2.05) is 0 Å². The summed E-state index contributed by atoms with van der Waals surface area (Å²) in [6.45, 7) is 0. The smallest absolute Gasteiger partial charge is 0.145 e. The number of nitrogens with zero attached hydrogens (tertiary/aromatic N) is 1. The second-order valence-electron chi connectivity index (χ2n) is 18.7. The second kappa shape index (κ2) is 16.5. The van der Waals surface area contributed by atoms with Gasteiger partial charge in [0.2, 0.25) is 0 Å². The predicted octanol–water partition coefficient (Wildman–Crippen LogP) is 18.7. The first kappa shape index (κ1) is 40.8. The van der Waals surface area contributed by atoms with Crippen LogP contribution in [0.1, 0.15) is 22.3 Å². The highest BCUT2D eigenvalue weighted by atomic mass is 16.3. The Hall–Kier alpha value is -9.24. The average Bonchev–Trinajstić information content (AvgIpc) is 3.99. The van der Waals surface area contributed by atoms with Gasteiger partial charge < -0.3 is 9.32 Å². The van der Waals surface area contributed by atoms with Crippen molar-refractivity contribution in [3.05, 3.63) is 295 Å². The van der Waals surface area contributed by atoms with Gasteiger partial charge in [-0.05, 0) is 125 Å². The molecule has 332 valence electrons. The van der Waals surface area contributed by atoms with Crippen LogP contribution in [0.25, 0.3) is 88.0 Å². The highest BCUT2D eigenvalue weighted by Crippen LogP contribution is 2.60. The molecule has 1 aliphatic carbocycles. The van der Waals surface area contributed by atoms with Crippen molar-refractivity contribution in [2.45, 2.75) is 5.41 Å². The van der Waals surface area contributed by atoms with Gasteiger partial charge in [-0.15, -0.1) is 0 Å². The summed E-state index contributed by atoms with van der Waals surface area (Å²) in [5.41, 5.74) is 18.7. The zero-order valence-corrected chi connectivity index (χ0v) is 38.8. The van der Waals surface area contributed by atoms with Crippen LogP contribution in [0, 0.1) is 0 Å². The Bertz CT molecular complexity index is 4100. The average molecular weight is 904 g/mol. The quantitative estimate of drug-likeness (QED) is 0.151. The highest BCUT2D eigenvalue weighted by Gasteiger charge is 2.47. The number of benzene rings is 12. The molecule has 0 radical (unpaired) electrons. The molecule has 0 spiro atoms. The van der Waals surface area contributed by atoms with Crippen molar-refractivity contribution in [3.8, 4) is 44.5 Å². The summed E-state index contributed by atoms with van der Waals surface area (Å²) in [6, 6.07) is 99.9. The molecule has 0 bridgehead atoms. The minimum atomic E-state index is -0.631. The molecule has 13 aromatic rings. The maximum absolute atomic E-state index is 7.06. The van der Waals surface area contributed by atoms with Crippen LogP contribution < -0.4 is 4.90 Å². The van der Waals surface area contributed by atoms with Gasteiger partial charge in [0.1, 0.15) is 11.2 Å². The van der Waals surface area contributed by atoms with E-state index >= 15 is 0 Å². The predicted molar refractivity (Wildman–Crippen MR) is 297 cm³/mol.